The number of phenolic OH excluding ortho intramolecular Hbond substituents is 1. The zero-order chi connectivity index (χ0) is 18.0. The van der Waals surface area contributed by atoms with Gasteiger partial charge in [0.15, 0.2) is 0 Å². The van der Waals surface area contributed by atoms with E-state index in [9.17, 15) is 9.90 Å². The Morgan fingerprint density at radius 1 is 1.20 bits per heavy atom. The van der Waals surface area contributed by atoms with Gasteiger partial charge < -0.3 is 9.84 Å². The number of hydrogen-bond donors (Lipinski definition) is 1. The molecule has 7 heteroatoms. The van der Waals surface area contributed by atoms with E-state index in [1.165, 1.54) is 18.2 Å². The van der Waals surface area contributed by atoms with Crippen molar-refractivity contribution in [1.29, 1.82) is 0 Å². The summed E-state index contributed by atoms with van der Waals surface area (Å²) in [6, 6.07) is 11.9. The maximum Gasteiger partial charge on any atom is 0.342 e. The molecule has 0 aliphatic carbocycles. The van der Waals surface area contributed by atoms with Gasteiger partial charge in [0.2, 0.25) is 0 Å². The monoisotopic (exact) mass is 393 g/mol. The molecule has 128 valence electrons. The first-order valence-corrected chi connectivity index (χ1v) is 9.25. The molecule has 0 spiro atoms. The van der Waals surface area contributed by atoms with Crippen LogP contribution >= 0.6 is 35.0 Å². The summed E-state index contributed by atoms with van der Waals surface area (Å²) < 4.78 is 5.24. The van der Waals surface area contributed by atoms with Crippen molar-refractivity contribution >= 4 is 51.8 Å². The van der Waals surface area contributed by atoms with Gasteiger partial charge in [-0.15, -0.1) is 11.8 Å². The second kappa shape index (κ2) is 7.52. The lowest BCUT2D eigenvalue weighted by molar-refractivity contribution is 0.0469. The predicted octanol–water partition coefficient (Wildman–Crippen LogP) is 5.33. The van der Waals surface area contributed by atoms with Crippen LogP contribution < -0.4 is 0 Å². The average molecular weight is 394 g/mol. The molecule has 0 fully saturated rings. The van der Waals surface area contributed by atoms with Gasteiger partial charge in [-0.1, -0.05) is 29.3 Å². The van der Waals surface area contributed by atoms with Gasteiger partial charge in [-0.2, -0.15) is 0 Å². The quantitative estimate of drug-likeness (QED) is 0.368. The molecule has 1 heterocycles. The Hall–Kier alpha value is -1.95. The number of hydrogen-bond acceptors (Lipinski definition) is 5. The van der Waals surface area contributed by atoms with E-state index in [-0.39, 0.29) is 23.1 Å². The van der Waals surface area contributed by atoms with E-state index in [1.807, 2.05) is 30.5 Å². The van der Waals surface area contributed by atoms with Gasteiger partial charge in [-0.25, -0.2) is 9.78 Å². The van der Waals surface area contributed by atoms with Crippen molar-refractivity contribution in [2.45, 2.75) is 11.5 Å². The summed E-state index contributed by atoms with van der Waals surface area (Å²) in [5, 5.41) is 11.3. The Morgan fingerprint density at radius 2 is 2.00 bits per heavy atom. The molecule has 0 saturated carbocycles. The number of benzene rings is 2. The molecular formula is C18H13Cl2NO3S. The first-order valence-electron chi connectivity index (χ1n) is 7.27. The lowest BCUT2D eigenvalue weighted by atomic mass is 10.1. The van der Waals surface area contributed by atoms with E-state index in [1.54, 1.807) is 11.8 Å². The highest BCUT2D eigenvalue weighted by molar-refractivity contribution is 7.98. The summed E-state index contributed by atoms with van der Waals surface area (Å²) in [5.74, 6) is -0.879. The number of thioether (sulfide) groups is 1. The second-order valence-electron chi connectivity index (χ2n) is 5.23. The number of nitrogens with zero attached hydrogens (tertiary/aromatic N) is 1. The molecular weight excluding hydrogens is 381 g/mol. The summed E-state index contributed by atoms with van der Waals surface area (Å²) in [7, 11) is 0. The van der Waals surface area contributed by atoms with Gasteiger partial charge in [0.25, 0.3) is 0 Å². The fraction of sp³-hybridized carbons (Fsp3) is 0.111. The number of carbonyl (C=O) groups excluding carboxylic acids is 1. The molecule has 0 saturated heterocycles. The number of halogens is 2. The standard InChI is InChI=1S/C18H13Cl2NO3S/c1-25-13-4-2-10-6-11(17(20)21-15(10)8-13)9-24-18(23)14-7-12(19)3-5-16(14)22/h2-8,22H,9H2,1H3. The second-order valence-corrected chi connectivity index (χ2v) is 6.91. The zero-order valence-electron chi connectivity index (χ0n) is 13.1. The van der Waals surface area contributed by atoms with Crippen LogP contribution in [-0.4, -0.2) is 22.3 Å². The normalized spacial score (nSPS) is 10.8. The average Bonchev–Trinajstić information content (AvgIpc) is 2.61. The molecule has 3 rings (SSSR count). The molecule has 0 unspecified atom stereocenters. The van der Waals surface area contributed by atoms with Crippen LogP contribution in [0.25, 0.3) is 10.9 Å². The number of carbonyl (C=O) groups is 1. The Morgan fingerprint density at radius 3 is 2.76 bits per heavy atom. The van der Waals surface area contributed by atoms with Crippen LogP contribution in [0.3, 0.4) is 0 Å². The number of pyridine rings is 1. The van der Waals surface area contributed by atoms with E-state index >= 15 is 0 Å². The van der Waals surface area contributed by atoms with Gasteiger partial charge in [-0.05, 0) is 42.7 Å². The number of aromatic nitrogens is 1. The number of ether oxygens (including phenoxy) is 1. The molecule has 0 bridgehead atoms. The third-order valence-corrected chi connectivity index (χ3v) is 4.88. The molecule has 2 aromatic carbocycles. The SMILES string of the molecule is CSc1ccc2cc(COC(=O)c3cc(Cl)ccc3O)c(Cl)nc2c1. The van der Waals surface area contributed by atoms with Crippen molar-refractivity contribution in [3.05, 3.63) is 63.8 Å². The zero-order valence-corrected chi connectivity index (χ0v) is 15.5. The summed E-state index contributed by atoms with van der Waals surface area (Å²) in [4.78, 5) is 17.6. The first-order chi connectivity index (χ1) is 12.0. The van der Waals surface area contributed by atoms with Crippen molar-refractivity contribution in [3.63, 3.8) is 0 Å². The third-order valence-electron chi connectivity index (χ3n) is 3.59. The number of aromatic hydroxyl groups is 1. The largest absolute Gasteiger partial charge is 0.507 e. The third kappa shape index (κ3) is 4.00. The van der Waals surface area contributed by atoms with Crippen molar-refractivity contribution in [1.82, 2.24) is 4.98 Å². The highest BCUT2D eigenvalue weighted by atomic mass is 35.5. The summed E-state index contributed by atoms with van der Waals surface area (Å²) in [5.41, 5.74) is 1.36. The number of phenols is 1. The number of esters is 1. The topological polar surface area (TPSA) is 59.4 Å². The minimum Gasteiger partial charge on any atom is -0.507 e. The number of fused-ring (bicyclic) bond motifs is 1. The Bertz CT molecular complexity index is 962. The van der Waals surface area contributed by atoms with Crippen LogP contribution in [0.4, 0.5) is 0 Å². The molecule has 0 aliphatic rings. The summed E-state index contributed by atoms with van der Waals surface area (Å²) in [6.45, 7) is -0.0587. The van der Waals surface area contributed by atoms with Gasteiger partial charge in [0, 0.05) is 20.9 Å². The fourth-order valence-electron chi connectivity index (χ4n) is 2.29. The van der Waals surface area contributed by atoms with Crippen LogP contribution in [0.5, 0.6) is 5.75 Å². The summed E-state index contributed by atoms with van der Waals surface area (Å²) in [6.07, 6.45) is 1.99. The minimum atomic E-state index is -0.686. The van der Waals surface area contributed by atoms with Crippen molar-refractivity contribution in [3.8, 4) is 5.75 Å². The van der Waals surface area contributed by atoms with E-state index in [0.717, 1.165) is 15.8 Å². The maximum absolute atomic E-state index is 12.1. The molecule has 0 aliphatic heterocycles. The molecule has 0 radical (unpaired) electrons. The molecule has 25 heavy (non-hydrogen) atoms. The van der Waals surface area contributed by atoms with Crippen LogP contribution in [0.1, 0.15) is 15.9 Å². The fourth-order valence-corrected chi connectivity index (χ4v) is 3.09. The first kappa shape index (κ1) is 17.9. The van der Waals surface area contributed by atoms with Crippen molar-refractivity contribution in [2.24, 2.45) is 0 Å². The van der Waals surface area contributed by atoms with Crippen LogP contribution in [0.15, 0.2) is 47.4 Å². The Labute approximate surface area is 158 Å². The lowest BCUT2D eigenvalue weighted by Gasteiger charge is -2.09. The summed E-state index contributed by atoms with van der Waals surface area (Å²) >= 11 is 13.7. The van der Waals surface area contributed by atoms with Crippen LogP contribution in [0.2, 0.25) is 10.2 Å². The van der Waals surface area contributed by atoms with E-state index in [2.05, 4.69) is 4.98 Å². The molecule has 3 aromatic rings. The van der Waals surface area contributed by atoms with Gasteiger partial charge in [0.05, 0.1) is 5.52 Å². The molecule has 0 atom stereocenters. The molecule has 4 nitrogen and oxygen atoms in total. The Balaban J connectivity index is 1.82. The molecule has 1 aromatic heterocycles. The van der Waals surface area contributed by atoms with Crippen molar-refractivity contribution in [2.75, 3.05) is 6.26 Å². The maximum atomic E-state index is 12.1. The number of rotatable bonds is 4. The van der Waals surface area contributed by atoms with Crippen molar-refractivity contribution < 1.29 is 14.6 Å². The van der Waals surface area contributed by atoms with Crippen LogP contribution in [-0.2, 0) is 11.3 Å². The molecule has 0 amide bonds. The van der Waals surface area contributed by atoms with Gasteiger partial charge >= 0.3 is 5.97 Å². The molecule has 1 N–H and O–H groups in total. The van der Waals surface area contributed by atoms with Gasteiger partial charge in [0.1, 0.15) is 23.1 Å². The predicted molar refractivity (Wildman–Crippen MR) is 101 cm³/mol. The van der Waals surface area contributed by atoms with E-state index in [4.69, 9.17) is 27.9 Å². The minimum absolute atomic E-state index is 0.00184. The lowest BCUT2D eigenvalue weighted by Crippen LogP contribution is -2.06. The Kier molecular flexibility index (Phi) is 5.37. The highest BCUT2D eigenvalue weighted by Gasteiger charge is 2.15. The smallest absolute Gasteiger partial charge is 0.342 e. The van der Waals surface area contributed by atoms with E-state index < -0.39 is 5.97 Å². The van der Waals surface area contributed by atoms with Crippen LogP contribution in [0, 0.1) is 0 Å². The highest BCUT2D eigenvalue weighted by Crippen LogP contribution is 2.26. The van der Waals surface area contributed by atoms with Gasteiger partial charge in [-0.3, -0.25) is 0 Å². The van der Waals surface area contributed by atoms with E-state index in [0.29, 0.717) is 10.6 Å².